The quantitative estimate of drug-likeness (QED) is 0.331. The number of methoxy groups -OCH3 is 2. The van der Waals surface area contributed by atoms with Gasteiger partial charge in [-0.2, -0.15) is 0 Å². The molecular weight excluding hydrogens is 664 g/mol. The molecule has 4 amide bonds. The number of nitrogens with one attached hydrogen (secondary N) is 1. The van der Waals surface area contributed by atoms with E-state index in [1.807, 2.05) is 30.5 Å². The molecule has 5 aliphatic heterocycles. The van der Waals surface area contributed by atoms with Crippen LogP contribution in [0.25, 0.3) is 11.1 Å². The number of nitrogens with zero attached hydrogens (tertiary/aromatic N) is 5. The monoisotopic (exact) mass is 708 g/mol. The van der Waals surface area contributed by atoms with Crippen molar-refractivity contribution in [2.75, 3.05) is 64.9 Å². The Morgan fingerprint density at radius 2 is 1.52 bits per heavy atom. The van der Waals surface area contributed by atoms with E-state index in [0.717, 1.165) is 104 Å². The smallest absolute Gasteiger partial charge is 0.262 e. The maximum Gasteiger partial charge on any atom is 0.262 e. The highest BCUT2D eigenvalue weighted by Gasteiger charge is 2.48. The van der Waals surface area contributed by atoms with Crippen LogP contribution in [0.1, 0.15) is 52.0 Å². The second-order valence-corrected chi connectivity index (χ2v) is 15.1. The molecule has 1 spiro atoms. The van der Waals surface area contributed by atoms with Gasteiger partial charge in [0.2, 0.25) is 17.4 Å². The standard InChI is InChI=1S/C39H44N6O7/c1-41-20-25(4-9-35(41)47)26-14-32(51-2)30(33(15-26)52-3)21-43-18-24(19-43)17-42-12-10-39(11-13-42)22-44(23-39)27-5-6-28-29(16-27)38(50)45(37(28)49)31-7-8-34(46)40-36(31)48/h4-6,9,14-16,20,24,31H,7-8,10-13,17-19,21-23H2,1-3H3,(H,40,46,48). The molecule has 0 saturated carbocycles. The zero-order chi connectivity index (χ0) is 36.3. The molecule has 1 N–H and O–H groups in total. The first-order valence-electron chi connectivity index (χ1n) is 18.0. The number of rotatable bonds is 9. The van der Waals surface area contributed by atoms with Crippen molar-refractivity contribution in [1.82, 2.24) is 24.6 Å². The Balaban J connectivity index is 0.820. The lowest BCUT2D eigenvalue weighted by molar-refractivity contribution is -0.136. The zero-order valence-electron chi connectivity index (χ0n) is 29.9. The van der Waals surface area contributed by atoms with Crippen LogP contribution in [0.15, 0.2) is 53.5 Å². The van der Waals surface area contributed by atoms with Gasteiger partial charge in [0, 0.05) is 76.1 Å². The Kier molecular flexibility index (Phi) is 8.65. The van der Waals surface area contributed by atoms with Crippen LogP contribution in [0, 0.1) is 11.3 Å². The van der Waals surface area contributed by atoms with Crippen molar-refractivity contribution >= 4 is 29.3 Å². The summed E-state index contributed by atoms with van der Waals surface area (Å²) in [6.07, 6.45) is 4.32. The molecule has 52 heavy (non-hydrogen) atoms. The molecule has 1 aromatic heterocycles. The molecule has 5 aliphatic rings. The Hall–Kier alpha value is -5.01. The molecule has 0 aliphatic carbocycles. The number of carbonyl (C=O) groups excluding carboxylic acids is 4. The van der Waals surface area contributed by atoms with Crippen LogP contribution in [0.4, 0.5) is 5.69 Å². The molecular formula is C39H44N6O7. The number of hydrogen-bond donors (Lipinski definition) is 1. The molecule has 4 fully saturated rings. The summed E-state index contributed by atoms with van der Waals surface area (Å²) >= 11 is 0. The fraction of sp³-hybridized carbons (Fsp3) is 0.462. The lowest BCUT2D eigenvalue weighted by atomic mass is 9.71. The number of aromatic nitrogens is 1. The van der Waals surface area contributed by atoms with Crippen molar-refractivity contribution in [2.24, 2.45) is 18.4 Å². The maximum atomic E-state index is 13.3. The van der Waals surface area contributed by atoms with Gasteiger partial charge in [0.25, 0.3) is 11.8 Å². The van der Waals surface area contributed by atoms with Gasteiger partial charge >= 0.3 is 0 Å². The van der Waals surface area contributed by atoms with Crippen LogP contribution in [0.3, 0.4) is 0 Å². The summed E-state index contributed by atoms with van der Waals surface area (Å²) in [5, 5.41) is 2.25. The van der Waals surface area contributed by atoms with Crippen molar-refractivity contribution in [3.05, 3.63) is 75.7 Å². The van der Waals surface area contributed by atoms with E-state index >= 15 is 0 Å². The van der Waals surface area contributed by atoms with Crippen LogP contribution in [-0.4, -0.2) is 109 Å². The predicted octanol–water partition coefficient (Wildman–Crippen LogP) is 2.50. The van der Waals surface area contributed by atoms with E-state index in [9.17, 15) is 24.0 Å². The summed E-state index contributed by atoms with van der Waals surface area (Å²) in [7, 11) is 5.10. The highest BCUT2D eigenvalue weighted by atomic mass is 16.5. The average Bonchev–Trinajstić information content (AvgIpc) is 3.35. The molecule has 6 heterocycles. The summed E-state index contributed by atoms with van der Waals surface area (Å²) in [4.78, 5) is 70.7. The summed E-state index contributed by atoms with van der Waals surface area (Å²) in [5.74, 6) is 0.235. The molecule has 1 atom stereocenters. The number of fused-ring (bicyclic) bond motifs is 1. The Bertz CT molecular complexity index is 2000. The lowest BCUT2D eigenvalue weighted by Gasteiger charge is -2.55. The molecule has 3 aromatic rings. The number of benzene rings is 2. The first kappa shape index (κ1) is 34.1. The van der Waals surface area contributed by atoms with Crippen molar-refractivity contribution in [3.63, 3.8) is 0 Å². The zero-order valence-corrected chi connectivity index (χ0v) is 29.9. The molecule has 272 valence electrons. The topological polar surface area (TPSA) is 134 Å². The molecule has 4 saturated heterocycles. The van der Waals surface area contributed by atoms with Crippen LogP contribution < -0.4 is 25.2 Å². The summed E-state index contributed by atoms with van der Waals surface area (Å²) in [5.41, 5.74) is 4.64. The van der Waals surface area contributed by atoms with Gasteiger partial charge in [-0.15, -0.1) is 0 Å². The lowest BCUT2D eigenvalue weighted by Crippen LogP contribution is -2.61. The third-order valence-electron chi connectivity index (χ3n) is 11.7. The molecule has 13 heteroatoms. The number of ether oxygens (including phenoxy) is 2. The van der Waals surface area contributed by atoms with Crippen molar-refractivity contribution in [2.45, 2.75) is 38.3 Å². The van der Waals surface area contributed by atoms with Crippen LogP contribution in [0.2, 0.25) is 0 Å². The largest absolute Gasteiger partial charge is 0.496 e. The number of pyridine rings is 1. The van der Waals surface area contributed by atoms with Gasteiger partial charge in [-0.25, -0.2) is 0 Å². The highest BCUT2D eigenvalue weighted by molar-refractivity contribution is 6.23. The second kappa shape index (κ2) is 13.2. The van der Waals surface area contributed by atoms with Crippen LogP contribution in [-0.2, 0) is 23.2 Å². The molecule has 13 nitrogen and oxygen atoms in total. The minimum Gasteiger partial charge on any atom is -0.496 e. The fourth-order valence-corrected chi connectivity index (χ4v) is 8.71. The van der Waals surface area contributed by atoms with E-state index in [1.54, 1.807) is 44.0 Å². The Morgan fingerprint density at radius 3 is 2.17 bits per heavy atom. The van der Waals surface area contributed by atoms with E-state index in [-0.39, 0.29) is 29.7 Å². The van der Waals surface area contributed by atoms with Gasteiger partial charge in [-0.3, -0.25) is 39.1 Å². The Morgan fingerprint density at radius 1 is 0.827 bits per heavy atom. The van der Waals surface area contributed by atoms with Crippen molar-refractivity contribution in [1.29, 1.82) is 0 Å². The van der Waals surface area contributed by atoms with Crippen LogP contribution >= 0.6 is 0 Å². The Labute approximate surface area is 302 Å². The number of anilines is 1. The number of imide groups is 2. The van der Waals surface area contributed by atoms with Gasteiger partial charge in [0.1, 0.15) is 17.5 Å². The number of aryl methyl sites for hydroxylation is 1. The summed E-state index contributed by atoms with van der Waals surface area (Å²) in [6.45, 7) is 7.83. The van der Waals surface area contributed by atoms with E-state index < -0.39 is 23.8 Å². The fourth-order valence-electron chi connectivity index (χ4n) is 8.71. The average molecular weight is 709 g/mol. The SMILES string of the molecule is COc1cc(-c2ccc(=O)n(C)c2)cc(OC)c1CN1CC(CN2CCC3(CC2)CN(c2ccc4c(c2)C(=O)N(C2CCC(=O)NC2=O)C4=O)C3)C1. The van der Waals surface area contributed by atoms with E-state index in [4.69, 9.17) is 9.47 Å². The number of amides is 4. The summed E-state index contributed by atoms with van der Waals surface area (Å²) < 4.78 is 13.2. The number of carbonyl (C=O) groups is 4. The van der Waals surface area contributed by atoms with Gasteiger partial charge in [0.15, 0.2) is 0 Å². The van der Waals surface area contributed by atoms with E-state index in [2.05, 4.69) is 20.0 Å². The van der Waals surface area contributed by atoms with Gasteiger partial charge in [-0.05, 0) is 85.8 Å². The van der Waals surface area contributed by atoms with Gasteiger partial charge in [-0.1, -0.05) is 0 Å². The first-order chi connectivity index (χ1) is 25.0. The molecule has 1 unspecified atom stereocenters. The maximum absolute atomic E-state index is 13.3. The normalized spacial score (nSPS) is 21.9. The predicted molar refractivity (Wildman–Crippen MR) is 192 cm³/mol. The second-order valence-electron chi connectivity index (χ2n) is 15.1. The third kappa shape index (κ3) is 6.05. The molecule has 0 bridgehead atoms. The van der Waals surface area contributed by atoms with Gasteiger partial charge < -0.3 is 23.8 Å². The van der Waals surface area contributed by atoms with Crippen LogP contribution in [0.5, 0.6) is 11.5 Å². The van der Waals surface area contributed by atoms with E-state index in [0.29, 0.717) is 17.0 Å². The highest BCUT2D eigenvalue weighted by Crippen LogP contribution is 2.44. The van der Waals surface area contributed by atoms with E-state index in [1.165, 1.54) is 0 Å². The molecule has 2 aromatic carbocycles. The number of piperidine rings is 2. The molecule has 8 rings (SSSR count). The van der Waals surface area contributed by atoms with Crippen molar-refractivity contribution < 1.29 is 28.7 Å². The minimum absolute atomic E-state index is 0.0554. The number of likely N-dealkylation sites (tertiary alicyclic amines) is 2. The molecule has 0 radical (unpaired) electrons. The van der Waals surface area contributed by atoms with Crippen molar-refractivity contribution in [3.8, 4) is 22.6 Å². The minimum atomic E-state index is -0.959. The third-order valence-corrected chi connectivity index (χ3v) is 11.7. The van der Waals surface area contributed by atoms with Gasteiger partial charge in [0.05, 0.1) is 30.9 Å². The first-order valence-corrected chi connectivity index (χ1v) is 18.0. The summed E-state index contributed by atoms with van der Waals surface area (Å²) in [6, 6.07) is 11.8. The number of hydrogen-bond acceptors (Lipinski definition) is 10.